The summed E-state index contributed by atoms with van der Waals surface area (Å²) in [6.07, 6.45) is 0. The van der Waals surface area contributed by atoms with Gasteiger partial charge in [-0.05, 0) is 38.1 Å². The molecule has 0 aliphatic carbocycles. The summed E-state index contributed by atoms with van der Waals surface area (Å²) < 4.78 is 0.992. The summed E-state index contributed by atoms with van der Waals surface area (Å²) in [5.41, 5.74) is 1.56. The Bertz CT molecular complexity index is 778. The van der Waals surface area contributed by atoms with Gasteiger partial charge in [-0.25, -0.2) is 0 Å². The SMILES string of the molecule is CC(C)NC(=O)CN1CCN(C(=O)c2cc3cc(Br)ccc3[nH]2)CC1. The van der Waals surface area contributed by atoms with Gasteiger partial charge in [0.05, 0.1) is 6.54 Å². The van der Waals surface area contributed by atoms with Crippen LogP contribution in [0.2, 0.25) is 0 Å². The molecule has 7 heteroatoms. The third-order valence-electron chi connectivity index (χ3n) is 4.29. The van der Waals surface area contributed by atoms with Gasteiger partial charge in [0.25, 0.3) is 5.91 Å². The largest absolute Gasteiger partial charge is 0.353 e. The van der Waals surface area contributed by atoms with Crippen LogP contribution in [-0.2, 0) is 4.79 Å². The van der Waals surface area contributed by atoms with Gasteiger partial charge in [0, 0.05) is 47.6 Å². The number of rotatable bonds is 4. The lowest BCUT2D eigenvalue weighted by molar-refractivity contribution is -0.123. The van der Waals surface area contributed by atoms with Gasteiger partial charge in [-0.1, -0.05) is 15.9 Å². The maximum Gasteiger partial charge on any atom is 0.270 e. The minimum absolute atomic E-state index is 0.0126. The van der Waals surface area contributed by atoms with E-state index in [1.54, 1.807) is 0 Å². The molecule has 2 N–H and O–H groups in total. The summed E-state index contributed by atoms with van der Waals surface area (Å²) in [7, 11) is 0. The van der Waals surface area contributed by atoms with Crippen molar-refractivity contribution in [1.29, 1.82) is 0 Å². The summed E-state index contributed by atoms with van der Waals surface area (Å²) in [5, 5.41) is 3.91. The Morgan fingerprint density at radius 3 is 2.60 bits per heavy atom. The predicted octanol–water partition coefficient (Wildman–Crippen LogP) is 2.21. The second-order valence-electron chi connectivity index (χ2n) is 6.71. The summed E-state index contributed by atoms with van der Waals surface area (Å²) in [6.45, 7) is 6.98. The van der Waals surface area contributed by atoms with Crippen LogP contribution in [0.3, 0.4) is 0 Å². The van der Waals surface area contributed by atoms with Crippen LogP contribution in [0, 0.1) is 0 Å². The molecule has 1 aliphatic rings. The third kappa shape index (κ3) is 4.41. The minimum atomic E-state index is 0.0126. The van der Waals surface area contributed by atoms with Crippen LogP contribution in [0.25, 0.3) is 10.9 Å². The molecule has 0 unspecified atom stereocenters. The van der Waals surface area contributed by atoms with Crippen LogP contribution in [-0.4, -0.2) is 65.4 Å². The number of nitrogens with zero attached hydrogens (tertiary/aromatic N) is 2. The van der Waals surface area contributed by atoms with E-state index in [2.05, 4.69) is 31.1 Å². The Balaban J connectivity index is 1.58. The number of benzene rings is 1. The van der Waals surface area contributed by atoms with Crippen LogP contribution in [0.1, 0.15) is 24.3 Å². The number of H-pyrrole nitrogens is 1. The fraction of sp³-hybridized carbons (Fsp3) is 0.444. The van der Waals surface area contributed by atoms with E-state index in [0.717, 1.165) is 15.4 Å². The van der Waals surface area contributed by atoms with Gasteiger partial charge < -0.3 is 15.2 Å². The van der Waals surface area contributed by atoms with Crippen molar-refractivity contribution in [3.05, 3.63) is 34.4 Å². The van der Waals surface area contributed by atoms with Crippen molar-refractivity contribution in [2.24, 2.45) is 0 Å². The first kappa shape index (κ1) is 17.9. The molecule has 1 fully saturated rings. The Hall–Kier alpha value is -1.86. The van der Waals surface area contributed by atoms with Crippen LogP contribution >= 0.6 is 15.9 Å². The first-order valence-electron chi connectivity index (χ1n) is 8.51. The number of piperazine rings is 1. The average Bonchev–Trinajstić information content (AvgIpc) is 2.97. The monoisotopic (exact) mass is 406 g/mol. The topological polar surface area (TPSA) is 68.4 Å². The molecule has 1 aromatic carbocycles. The number of halogens is 1. The molecule has 0 bridgehead atoms. The van der Waals surface area contributed by atoms with E-state index >= 15 is 0 Å². The number of nitrogens with one attached hydrogen (secondary N) is 2. The molecule has 0 atom stereocenters. The van der Waals surface area contributed by atoms with Gasteiger partial charge >= 0.3 is 0 Å². The molecule has 1 aromatic heterocycles. The van der Waals surface area contributed by atoms with E-state index in [1.807, 2.05) is 43.0 Å². The lowest BCUT2D eigenvalue weighted by Gasteiger charge is -2.34. The summed E-state index contributed by atoms with van der Waals surface area (Å²) in [5.74, 6) is 0.0505. The first-order valence-corrected chi connectivity index (χ1v) is 9.31. The highest BCUT2D eigenvalue weighted by atomic mass is 79.9. The van der Waals surface area contributed by atoms with Gasteiger partial charge in [0.1, 0.15) is 5.69 Å². The van der Waals surface area contributed by atoms with Gasteiger partial charge in [-0.15, -0.1) is 0 Å². The van der Waals surface area contributed by atoms with Crippen molar-refractivity contribution < 1.29 is 9.59 Å². The minimum Gasteiger partial charge on any atom is -0.353 e. The van der Waals surface area contributed by atoms with Crippen LogP contribution < -0.4 is 5.32 Å². The summed E-state index contributed by atoms with van der Waals surface area (Å²) in [4.78, 5) is 31.7. The second kappa shape index (κ2) is 7.58. The highest BCUT2D eigenvalue weighted by Crippen LogP contribution is 2.21. The number of carbonyl (C=O) groups is 2. The first-order chi connectivity index (χ1) is 11.9. The maximum absolute atomic E-state index is 12.7. The zero-order valence-corrected chi connectivity index (χ0v) is 16.1. The third-order valence-corrected chi connectivity index (χ3v) is 4.78. The van der Waals surface area contributed by atoms with Crippen molar-refractivity contribution >= 4 is 38.6 Å². The van der Waals surface area contributed by atoms with Crippen molar-refractivity contribution in [1.82, 2.24) is 20.1 Å². The van der Waals surface area contributed by atoms with Crippen molar-refractivity contribution in [2.45, 2.75) is 19.9 Å². The van der Waals surface area contributed by atoms with Crippen molar-refractivity contribution in [3.63, 3.8) is 0 Å². The zero-order valence-electron chi connectivity index (χ0n) is 14.5. The number of aromatic amines is 1. The Morgan fingerprint density at radius 1 is 1.20 bits per heavy atom. The average molecular weight is 407 g/mol. The van der Waals surface area contributed by atoms with Gasteiger partial charge in [-0.3, -0.25) is 14.5 Å². The molecule has 6 nitrogen and oxygen atoms in total. The fourth-order valence-corrected chi connectivity index (χ4v) is 3.45. The van der Waals surface area contributed by atoms with E-state index in [1.165, 1.54) is 0 Å². The molecular formula is C18H23BrN4O2. The lowest BCUT2D eigenvalue weighted by atomic mass is 10.2. The molecule has 25 heavy (non-hydrogen) atoms. The van der Waals surface area contributed by atoms with Crippen molar-refractivity contribution in [2.75, 3.05) is 32.7 Å². The molecule has 2 amide bonds. The van der Waals surface area contributed by atoms with Gasteiger partial charge in [-0.2, -0.15) is 0 Å². The van der Waals surface area contributed by atoms with Crippen LogP contribution in [0.4, 0.5) is 0 Å². The lowest BCUT2D eigenvalue weighted by Crippen LogP contribution is -2.51. The number of fused-ring (bicyclic) bond motifs is 1. The summed E-state index contributed by atoms with van der Waals surface area (Å²) in [6, 6.07) is 7.95. The molecule has 2 heterocycles. The van der Waals surface area contributed by atoms with Crippen LogP contribution in [0.5, 0.6) is 0 Å². The van der Waals surface area contributed by atoms with Gasteiger partial charge in [0.15, 0.2) is 0 Å². The second-order valence-corrected chi connectivity index (χ2v) is 7.62. The van der Waals surface area contributed by atoms with E-state index < -0.39 is 0 Å². The molecule has 0 radical (unpaired) electrons. The number of aromatic nitrogens is 1. The number of hydrogen-bond acceptors (Lipinski definition) is 3. The molecule has 1 aliphatic heterocycles. The number of carbonyl (C=O) groups excluding carboxylic acids is 2. The standard InChI is InChI=1S/C18H23BrN4O2/c1-12(2)20-17(24)11-22-5-7-23(8-6-22)18(25)16-10-13-9-14(19)3-4-15(13)21-16/h3-4,9-10,12,21H,5-8,11H2,1-2H3,(H,20,24). The Labute approximate surface area is 155 Å². The smallest absolute Gasteiger partial charge is 0.270 e. The van der Waals surface area contributed by atoms with Gasteiger partial charge in [0.2, 0.25) is 5.91 Å². The van der Waals surface area contributed by atoms with E-state index in [0.29, 0.717) is 38.4 Å². The van der Waals surface area contributed by atoms with Crippen molar-refractivity contribution in [3.8, 4) is 0 Å². The van der Waals surface area contributed by atoms with E-state index in [-0.39, 0.29) is 17.9 Å². The highest BCUT2D eigenvalue weighted by molar-refractivity contribution is 9.10. The predicted molar refractivity (Wildman–Crippen MR) is 102 cm³/mol. The Kier molecular flexibility index (Phi) is 5.44. The molecule has 0 saturated carbocycles. The highest BCUT2D eigenvalue weighted by Gasteiger charge is 2.24. The van der Waals surface area contributed by atoms with E-state index in [4.69, 9.17) is 0 Å². The molecule has 134 valence electrons. The van der Waals surface area contributed by atoms with E-state index in [9.17, 15) is 9.59 Å². The molecule has 3 rings (SSSR count). The molecule has 2 aromatic rings. The summed E-state index contributed by atoms with van der Waals surface area (Å²) >= 11 is 3.45. The quantitative estimate of drug-likeness (QED) is 0.817. The fourth-order valence-electron chi connectivity index (χ4n) is 3.07. The number of amides is 2. The normalized spacial score (nSPS) is 15.8. The maximum atomic E-state index is 12.7. The van der Waals surface area contributed by atoms with Crippen LogP contribution in [0.15, 0.2) is 28.7 Å². The zero-order chi connectivity index (χ0) is 18.0. The number of hydrogen-bond donors (Lipinski definition) is 2. The molecular weight excluding hydrogens is 384 g/mol. The Morgan fingerprint density at radius 2 is 1.92 bits per heavy atom. The molecule has 0 spiro atoms. The molecule has 1 saturated heterocycles.